The first kappa shape index (κ1) is 18.3. The zero-order valence-electron chi connectivity index (χ0n) is 12.7. The molecule has 1 aromatic rings. The third-order valence-electron chi connectivity index (χ3n) is 3.23. The summed E-state index contributed by atoms with van der Waals surface area (Å²) in [5.41, 5.74) is 0.741. The van der Waals surface area contributed by atoms with Crippen LogP contribution in [0, 0.1) is 10.1 Å². The zero-order valence-corrected chi connectivity index (χ0v) is 13.5. The predicted octanol–water partition coefficient (Wildman–Crippen LogP) is 3.39. The second-order valence-electron chi connectivity index (χ2n) is 4.88. The number of methoxy groups -OCH3 is 1. The number of ether oxygens (including phenoxy) is 1. The van der Waals surface area contributed by atoms with Crippen molar-refractivity contribution in [2.24, 2.45) is 0 Å². The second-order valence-corrected chi connectivity index (χ2v) is 6.29. The number of benzene rings is 1. The standard InChI is InChI=1S/C15H21NO5S/c1-3-4-5-13(15(17)18)22-14(10-16(19)20)11-6-8-12(21-2)9-7-11/h6-9,13-14H,3-5,10H2,1-2H3,(H,17,18). The first-order valence-electron chi connectivity index (χ1n) is 7.12. The number of rotatable bonds is 10. The van der Waals surface area contributed by atoms with Gasteiger partial charge in [-0.1, -0.05) is 31.9 Å². The van der Waals surface area contributed by atoms with E-state index in [9.17, 15) is 20.0 Å². The van der Waals surface area contributed by atoms with Crippen LogP contribution in [0.5, 0.6) is 5.75 Å². The van der Waals surface area contributed by atoms with E-state index in [4.69, 9.17) is 4.74 Å². The average molecular weight is 327 g/mol. The molecule has 7 heteroatoms. The van der Waals surface area contributed by atoms with Gasteiger partial charge in [0, 0.05) is 4.92 Å². The number of hydrogen-bond acceptors (Lipinski definition) is 5. The molecule has 0 bridgehead atoms. The number of aliphatic carboxylic acids is 1. The maximum absolute atomic E-state index is 11.3. The van der Waals surface area contributed by atoms with E-state index >= 15 is 0 Å². The van der Waals surface area contributed by atoms with E-state index < -0.39 is 21.4 Å². The van der Waals surface area contributed by atoms with Crippen LogP contribution >= 0.6 is 11.8 Å². The van der Waals surface area contributed by atoms with Crippen molar-refractivity contribution in [3.63, 3.8) is 0 Å². The number of hydrogen-bond donors (Lipinski definition) is 1. The summed E-state index contributed by atoms with van der Waals surface area (Å²) in [6.07, 6.45) is 2.20. The molecule has 2 atom stereocenters. The largest absolute Gasteiger partial charge is 0.497 e. The van der Waals surface area contributed by atoms with Gasteiger partial charge in [0.2, 0.25) is 6.54 Å². The molecule has 1 N–H and O–H groups in total. The van der Waals surface area contributed by atoms with Gasteiger partial charge in [0.05, 0.1) is 12.4 Å². The smallest absolute Gasteiger partial charge is 0.316 e. The van der Waals surface area contributed by atoms with E-state index in [1.165, 1.54) is 0 Å². The van der Waals surface area contributed by atoms with Crippen molar-refractivity contribution in [3.05, 3.63) is 39.9 Å². The van der Waals surface area contributed by atoms with Crippen LogP contribution in [0.3, 0.4) is 0 Å². The lowest BCUT2D eigenvalue weighted by Crippen LogP contribution is -2.21. The maximum atomic E-state index is 11.3. The van der Waals surface area contributed by atoms with Crippen molar-refractivity contribution < 1.29 is 19.6 Å². The van der Waals surface area contributed by atoms with E-state index in [1.807, 2.05) is 6.92 Å². The molecule has 22 heavy (non-hydrogen) atoms. The Balaban J connectivity index is 2.89. The summed E-state index contributed by atoms with van der Waals surface area (Å²) in [6.45, 7) is 1.69. The highest BCUT2D eigenvalue weighted by atomic mass is 32.2. The third-order valence-corrected chi connectivity index (χ3v) is 4.74. The van der Waals surface area contributed by atoms with Gasteiger partial charge >= 0.3 is 5.97 Å². The Labute approximate surface area is 134 Å². The molecule has 6 nitrogen and oxygen atoms in total. The van der Waals surface area contributed by atoms with Crippen LogP contribution in [0.2, 0.25) is 0 Å². The van der Waals surface area contributed by atoms with Gasteiger partial charge in [-0.2, -0.15) is 0 Å². The van der Waals surface area contributed by atoms with Crippen molar-refractivity contribution in [2.45, 2.75) is 36.7 Å². The fourth-order valence-corrected chi connectivity index (χ4v) is 3.36. The van der Waals surface area contributed by atoms with E-state index in [-0.39, 0.29) is 6.54 Å². The topological polar surface area (TPSA) is 89.7 Å². The van der Waals surface area contributed by atoms with Crippen LogP contribution in [0.15, 0.2) is 24.3 Å². The number of unbranched alkanes of at least 4 members (excludes halogenated alkanes) is 1. The summed E-state index contributed by atoms with van der Waals surface area (Å²) in [5, 5.41) is 19.1. The number of nitrogens with zero attached hydrogens (tertiary/aromatic N) is 1. The lowest BCUT2D eigenvalue weighted by molar-refractivity contribution is -0.479. The first-order valence-corrected chi connectivity index (χ1v) is 8.06. The average Bonchev–Trinajstić information content (AvgIpc) is 2.49. The highest BCUT2D eigenvalue weighted by Gasteiger charge is 2.27. The SMILES string of the molecule is CCCCC(SC(C[N+](=O)[O-])c1ccc(OC)cc1)C(=O)O. The van der Waals surface area contributed by atoms with Crippen LogP contribution in [-0.2, 0) is 4.79 Å². The molecular weight excluding hydrogens is 306 g/mol. The zero-order chi connectivity index (χ0) is 16.5. The lowest BCUT2D eigenvalue weighted by atomic mass is 10.1. The Morgan fingerprint density at radius 3 is 2.50 bits per heavy atom. The van der Waals surface area contributed by atoms with Crippen LogP contribution in [-0.4, -0.2) is 34.9 Å². The molecule has 0 saturated carbocycles. The fraction of sp³-hybridized carbons (Fsp3) is 0.533. The highest BCUT2D eigenvalue weighted by molar-refractivity contribution is 8.00. The number of carboxylic acid groups (broad SMARTS) is 1. The molecule has 0 amide bonds. The first-order chi connectivity index (χ1) is 10.5. The fourth-order valence-electron chi connectivity index (χ4n) is 2.02. The summed E-state index contributed by atoms with van der Waals surface area (Å²) in [7, 11) is 1.55. The molecule has 0 heterocycles. The summed E-state index contributed by atoms with van der Waals surface area (Å²) in [4.78, 5) is 21.8. The molecule has 0 aromatic heterocycles. The van der Waals surface area contributed by atoms with Crippen LogP contribution in [0.1, 0.15) is 37.0 Å². The van der Waals surface area contributed by atoms with Gasteiger partial charge in [0.1, 0.15) is 11.0 Å². The molecule has 122 valence electrons. The summed E-state index contributed by atoms with van der Waals surface area (Å²) < 4.78 is 5.07. The Morgan fingerprint density at radius 1 is 1.41 bits per heavy atom. The van der Waals surface area contributed by atoms with Crippen molar-refractivity contribution in [3.8, 4) is 5.75 Å². The van der Waals surface area contributed by atoms with Gasteiger partial charge in [0.15, 0.2) is 0 Å². The van der Waals surface area contributed by atoms with Gasteiger partial charge in [-0.25, -0.2) is 0 Å². The quantitative estimate of drug-likeness (QED) is 0.523. The normalized spacial score (nSPS) is 13.4. The van der Waals surface area contributed by atoms with Crippen molar-refractivity contribution in [2.75, 3.05) is 13.7 Å². The molecule has 0 aliphatic heterocycles. The van der Waals surface area contributed by atoms with Crippen LogP contribution < -0.4 is 4.74 Å². The number of carbonyl (C=O) groups is 1. The van der Waals surface area contributed by atoms with E-state index in [0.717, 1.165) is 30.2 Å². The van der Waals surface area contributed by atoms with Gasteiger partial charge in [-0.3, -0.25) is 14.9 Å². The Bertz CT molecular complexity index is 491. The lowest BCUT2D eigenvalue weighted by Gasteiger charge is -2.18. The molecular formula is C15H21NO5S. The molecule has 0 aliphatic carbocycles. The molecule has 0 saturated heterocycles. The molecule has 2 unspecified atom stereocenters. The van der Waals surface area contributed by atoms with E-state index in [0.29, 0.717) is 12.2 Å². The number of nitro groups is 1. The predicted molar refractivity (Wildman–Crippen MR) is 86.1 cm³/mol. The van der Waals surface area contributed by atoms with Crippen molar-refractivity contribution in [1.82, 2.24) is 0 Å². The number of thioether (sulfide) groups is 1. The summed E-state index contributed by atoms with van der Waals surface area (Å²) in [5.74, 6) is -0.255. The van der Waals surface area contributed by atoms with E-state index in [1.54, 1.807) is 31.4 Å². The van der Waals surface area contributed by atoms with Gasteiger partial charge in [-0.15, -0.1) is 11.8 Å². The van der Waals surface area contributed by atoms with Crippen molar-refractivity contribution in [1.29, 1.82) is 0 Å². The van der Waals surface area contributed by atoms with Gasteiger partial charge < -0.3 is 9.84 Å². The molecule has 1 rings (SSSR count). The van der Waals surface area contributed by atoms with Crippen molar-refractivity contribution >= 4 is 17.7 Å². The van der Waals surface area contributed by atoms with Crippen LogP contribution in [0.25, 0.3) is 0 Å². The van der Waals surface area contributed by atoms with Crippen LogP contribution in [0.4, 0.5) is 0 Å². The Morgan fingerprint density at radius 2 is 2.05 bits per heavy atom. The minimum Gasteiger partial charge on any atom is -0.497 e. The highest BCUT2D eigenvalue weighted by Crippen LogP contribution is 2.35. The summed E-state index contributed by atoms with van der Waals surface area (Å²) >= 11 is 1.15. The third kappa shape index (κ3) is 5.93. The number of carboxylic acids is 1. The van der Waals surface area contributed by atoms with Gasteiger partial charge in [-0.05, 0) is 24.1 Å². The molecule has 0 spiro atoms. The molecule has 0 fully saturated rings. The van der Waals surface area contributed by atoms with Gasteiger partial charge in [0.25, 0.3) is 0 Å². The monoisotopic (exact) mass is 327 g/mol. The summed E-state index contributed by atoms with van der Waals surface area (Å²) in [6, 6.07) is 6.95. The molecule has 0 radical (unpaired) electrons. The minimum atomic E-state index is -0.916. The molecule has 1 aromatic carbocycles. The Kier molecular flexibility index (Phi) is 7.73. The maximum Gasteiger partial charge on any atom is 0.316 e. The Hall–Kier alpha value is -1.76. The minimum absolute atomic E-state index is 0.299. The molecule has 0 aliphatic rings. The van der Waals surface area contributed by atoms with E-state index in [2.05, 4.69) is 0 Å². The second kappa shape index (κ2) is 9.30.